The van der Waals surface area contributed by atoms with E-state index in [1.54, 1.807) is 0 Å². The lowest BCUT2D eigenvalue weighted by Crippen LogP contribution is -1.94. The van der Waals surface area contributed by atoms with E-state index in [1.807, 2.05) is 36.4 Å². The first kappa shape index (κ1) is 14.7. The number of thiocarbonyl (C=S) groups is 1. The molecule has 0 heterocycles. The van der Waals surface area contributed by atoms with Gasteiger partial charge in [-0.2, -0.15) is 0 Å². The third kappa shape index (κ3) is 3.23. The van der Waals surface area contributed by atoms with Crippen LogP contribution in [0.2, 0.25) is 0 Å². The summed E-state index contributed by atoms with van der Waals surface area (Å²) in [5, 5.41) is 0. The summed E-state index contributed by atoms with van der Waals surface area (Å²) in [7, 11) is 0. The Balaban J connectivity index is 2.24. The van der Waals surface area contributed by atoms with Gasteiger partial charge in [0.2, 0.25) is 0 Å². The van der Waals surface area contributed by atoms with E-state index in [9.17, 15) is 0 Å². The van der Waals surface area contributed by atoms with Crippen LogP contribution in [0, 0.1) is 13.8 Å². The van der Waals surface area contributed by atoms with E-state index in [-0.39, 0.29) is 0 Å². The molecule has 2 aromatic rings. The maximum Gasteiger partial charge on any atom is 0.0449 e. The Bertz CT molecular complexity index is 636. The van der Waals surface area contributed by atoms with Crippen molar-refractivity contribution >= 4 is 23.2 Å². The fraction of sp³-hybridized carbons (Fsp3) is 0.211. The standard InChI is InChI=1S/C19H20S/c1-4-16-10-11-17(15(3)14(16)2)12-13-19(20)18-8-6-5-7-9-18/h5-13H,4H2,1-3H3. The molecule has 0 radical (unpaired) electrons. The molecule has 0 bridgehead atoms. The maximum atomic E-state index is 5.46. The number of rotatable bonds is 4. The van der Waals surface area contributed by atoms with Crippen LogP contribution in [0.15, 0.2) is 48.5 Å². The van der Waals surface area contributed by atoms with Crippen molar-refractivity contribution in [3.05, 3.63) is 76.4 Å². The summed E-state index contributed by atoms with van der Waals surface area (Å²) in [6.07, 6.45) is 5.23. The number of hydrogen-bond donors (Lipinski definition) is 0. The van der Waals surface area contributed by atoms with Gasteiger partial charge >= 0.3 is 0 Å². The molecule has 0 aliphatic heterocycles. The van der Waals surface area contributed by atoms with Gasteiger partial charge in [0, 0.05) is 4.86 Å². The van der Waals surface area contributed by atoms with Crippen molar-refractivity contribution in [3.8, 4) is 0 Å². The minimum absolute atomic E-state index is 0.877. The van der Waals surface area contributed by atoms with Gasteiger partial charge in [0.25, 0.3) is 0 Å². The quantitative estimate of drug-likeness (QED) is 0.416. The molecule has 0 N–H and O–H groups in total. The molecule has 0 aromatic heterocycles. The van der Waals surface area contributed by atoms with Gasteiger partial charge in [-0.05, 0) is 54.2 Å². The smallest absolute Gasteiger partial charge is 0.0449 e. The lowest BCUT2D eigenvalue weighted by Gasteiger charge is -2.09. The molecule has 2 rings (SSSR count). The SMILES string of the molecule is CCc1ccc(C=CC(=S)c2ccccc2)c(C)c1C. The average molecular weight is 280 g/mol. The van der Waals surface area contributed by atoms with Crippen LogP contribution >= 0.6 is 12.2 Å². The Morgan fingerprint density at radius 3 is 2.35 bits per heavy atom. The largest absolute Gasteiger partial charge is 0.0795 e. The van der Waals surface area contributed by atoms with E-state index in [0.717, 1.165) is 16.8 Å². The van der Waals surface area contributed by atoms with Crippen LogP contribution in [-0.2, 0) is 6.42 Å². The zero-order valence-corrected chi connectivity index (χ0v) is 13.1. The van der Waals surface area contributed by atoms with E-state index >= 15 is 0 Å². The molecule has 0 nitrogen and oxygen atoms in total. The summed E-state index contributed by atoms with van der Waals surface area (Å²) in [5.41, 5.74) is 6.50. The van der Waals surface area contributed by atoms with E-state index in [0.29, 0.717) is 0 Å². The molecule has 0 atom stereocenters. The molecule has 0 saturated heterocycles. The first-order valence-corrected chi connectivity index (χ1v) is 7.41. The highest BCUT2D eigenvalue weighted by Crippen LogP contribution is 2.20. The first-order valence-electron chi connectivity index (χ1n) is 7.00. The summed E-state index contributed by atoms with van der Waals surface area (Å²) >= 11 is 5.46. The Morgan fingerprint density at radius 2 is 1.70 bits per heavy atom. The molecule has 0 amide bonds. The molecule has 0 unspecified atom stereocenters. The molecule has 0 aliphatic rings. The molecule has 20 heavy (non-hydrogen) atoms. The van der Waals surface area contributed by atoms with Gasteiger partial charge in [-0.15, -0.1) is 0 Å². The normalized spacial score (nSPS) is 10.9. The first-order chi connectivity index (χ1) is 9.63. The Labute approximate surface area is 127 Å². The number of allylic oxidation sites excluding steroid dienone is 1. The molecule has 2 aromatic carbocycles. The fourth-order valence-corrected chi connectivity index (χ4v) is 2.53. The summed E-state index contributed by atoms with van der Waals surface area (Å²) < 4.78 is 0. The zero-order chi connectivity index (χ0) is 14.5. The van der Waals surface area contributed by atoms with Gasteiger partial charge in [-0.1, -0.05) is 67.7 Å². The van der Waals surface area contributed by atoms with Crippen LogP contribution in [0.4, 0.5) is 0 Å². The van der Waals surface area contributed by atoms with Crippen molar-refractivity contribution in [2.45, 2.75) is 27.2 Å². The Morgan fingerprint density at radius 1 is 1.00 bits per heavy atom. The topological polar surface area (TPSA) is 0 Å². The van der Waals surface area contributed by atoms with Crippen LogP contribution in [0.5, 0.6) is 0 Å². The Kier molecular flexibility index (Phi) is 4.86. The molecule has 102 valence electrons. The molecule has 0 fully saturated rings. The average Bonchev–Trinajstić information content (AvgIpc) is 2.49. The monoisotopic (exact) mass is 280 g/mol. The van der Waals surface area contributed by atoms with Crippen LogP contribution in [-0.4, -0.2) is 4.86 Å². The maximum absolute atomic E-state index is 5.46. The van der Waals surface area contributed by atoms with Gasteiger partial charge in [-0.25, -0.2) is 0 Å². The molecular weight excluding hydrogens is 260 g/mol. The van der Waals surface area contributed by atoms with E-state index in [4.69, 9.17) is 12.2 Å². The Hall–Kier alpha value is -1.73. The third-order valence-corrected chi connectivity index (χ3v) is 4.17. The van der Waals surface area contributed by atoms with Crippen molar-refractivity contribution in [2.75, 3.05) is 0 Å². The lowest BCUT2D eigenvalue weighted by atomic mass is 9.96. The summed E-state index contributed by atoms with van der Waals surface area (Å²) in [6, 6.07) is 14.5. The highest BCUT2D eigenvalue weighted by atomic mass is 32.1. The van der Waals surface area contributed by atoms with E-state index in [1.165, 1.54) is 22.3 Å². The molecular formula is C19H20S. The zero-order valence-electron chi connectivity index (χ0n) is 12.3. The predicted molar refractivity (Wildman–Crippen MR) is 92.5 cm³/mol. The summed E-state index contributed by atoms with van der Waals surface area (Å²) in [6.45, 7) is 6.57. The molecule has 0 saturated carbocycles. The highest BCUT2D eigenvalue weighted by Gasteiger charge is 2.03. The van der Waals surface area contributed by atoms with Crippen LogP contribution in [0.3, 0.4) is 0 Å². The van der Waals surface area contributed by atoms with Gasteiger partial charge in [-0.3, -0.25) is 0 Å². The van der Waals surface area contributed by atoms with Crippen LogP contribution < -0.4 is 0 Å². The van der Waals surface area contributed by atoms with E-state index in [2.05, 4.69) is 39.0 Å². The van der Waals surface area contributed by atoms with Crippen molar-refractivity contribution in [1.29, 1.82) is 0 Å². The second-order valence-corrected chi connectivity index (χ2v) is 5.42. The summed E-state index contributed by atoms with van der Waals surface area (Å²) in [5.74, 6) is 0. The second-order valence-electron chi connectivity index (χ2n) is 4.98. The minimum Gasteiger partial charge on any atom is -0.0795 e. The molecule has 1 heteroatoms. The van der Waals surface area contributed by atoms with E-state index < -0.39 is 0 Å². The van der Waals surface area contributed by atoms with Crippen LogP contribution in [0.1, 0.15) is 34.7 Å². The summed E-state index contributed by atoms with van der Waals surface area (Å²) in [4.78, 5) is 0.877. The van der Waals surface area contributed by atoms with Crippen molar-refractivity contribution in [2.24, 2.45) is 0 Å². The number of hydrogen-bond acceptors (Lipinski definition) is 1. The minimum atomic E-state index is 0.877. The molecule has 0 spiro atoms. The van der Waals surface area contributed by atoms with Gasteiger partial charge in [0.1, 0.15) is 0 Å². The number of benzene rings is 2. The van der Waals surface area contributed by atoms with Crippen molar-refractivity contribution < 1.29 is 0 Å². The van der Waals surface area contributed by atoms with Crippen molar-refractivity contribution in [1.82, 2.24) is 0 Å². The predicted octanol–water partition coefficient (Wildman–Crippen LogP) is 5.30. The highest BCUT2D eigenvalue weighted by molar-refractivity contribution is 7.81. The van der Waals surface area contributed by atoms with Gasteiger partial charge in [0.05, 0.1) is 0 Å². The molecule has 0 aliphatic carbocycles. The van der Waals surface area contributed by atoms with Crippen molar-refractivity contribution in [3.63, 3.8) is 0 Å². The fourth-order valence-electron chi connectivity index (χ4n) is 2.33. The van der Waals surface area contributed by atoms with Crippen LogP contribution in [0.25, 0.3) is 6.08 Å². The van der Waals surface area contributed by atoms with Gasteiger partial charge in [0.15, 0.2) is 0 Å². The van der Waals surface area contributed by atoms with Gasteiger partial charge < -0.3 is 0 Å². The lowest BCUT2D eigenvalue weighted by molar-refractivity contribution is 1.09. The number of aryl methyl sites for hydroxylation is 1. The second kappa shape index (κ2) is 6.62. The third-order valence-electron chi connectivity index (χ3n) is 3.79.